The van der Waals surface area contributed by atoms with Gasteiger partial charge in [-0.15, -0.1) is 0 Å². The highest BCUT2D eigenvalue weighted by molar-refractivity contribution is 5.62. The molecular formula is C13H19N3O2. The minimum Gasteiger partial charge on any atom is -0.378 e. The molecule has 5 nitrogen and oxygen atoms in total. The van der Waals surface area contributed by atoms with Crippen LogP contribution in [-0.2, 0) is 0 Å². The van der Waals surface area contributed by atoms with E-state index in [1.807, 2.05) is 13.0 Å². The van der Waals surface area contributed by atoms with Crippen LogP contribution in [0.1, 0.15) is 18.4 Å². The van der Waals surface area contributed by atoms with Crippen molar-refractivity contribution in [1.29, 1.82) is 0 Å². The van der Waals surface area contributed by atoms with Crippen LogP contribution in [0, 0.1) is 17.0 Å². The van der Waals surface area contributed by atoms with E-state index in [4.69, 9.17) is 0 Å². The quantitative estimate of drug-likeness (QED) is 0.657. The molecule has 0 amide bonds. The van der Waals surface area contributed by atoms with Gasteiger partial charge in [-0.3, -0.25) is 10.1 Å². The van der Waals surface area contributed by atoms with E-state index in [1.54, 1.807) is 12.1 Å². The number of aryl methyl sites for hydroxylation is 1. The van der Waals surface area contributed by atoms with E-state index < -0.39 is 0 Å². The highest BCUT2D eigenvalue weighted by atomic mass is 16.6. The maximum atomic E-state index is 11.0. The molecule has 1 aromatic rings. The van der Waals surface area contributed by atoms with E-state index in [2.05, 4.69) is 17.3 Å². The third-order valence-corrected chi connectivity index (χ3v) is 3.55. The Labute approximate surface area is 107 Å². The van der Waals surface area contributed by atoms with Gasteiger partial charge in [0.25, 0.3) is 5.69 Å². The molecule has 1 N–H and O–H groups in total. The van der Waals surface area contributed by atoms with E-state index in [-0.39, 0.29) is 10.6 Å². The smallest absolute Gasteiger partial charge is 0.292 e. The molecule has 1 heterocycles. The van der Waals surface area contributed by atoms with Crippen molar-refractivity contribution >= 4 is 11.4 Å². The predicted octanol–water partition coefficient (Wildman–Crippen LogP) is 2.41. The van der Waals surface area contributed by atoms with Crippen molar-refractivity contribution in [2.45, 2.75) is 25.8 Å². The monoisotopic (exact) mass is 249 g/mol. The molecule has 1 aliphatic rings. The molecule has 98 valence electrons. The van der Waals surface area contributed by atoms with Crippen molar-refractivity contribution < 1.29 is 4.92 Å². The first-order valence-corrected chi connectivity index (χ1v) is 6.27. The first kappa shape index (κ1) is 12.8. The van der Waals surface area contributed by atoms with Gasteiger partial charge in [-0.05, 0) is 45.0 Å². The summed E-state index contributed by atoms with van der Waals surface area (Å²) in [5.41, 5.74) is 1.69. The third kappa shape index (κ3) is 2.79. The molecule has 1 fully saturated rings. The second-order valence-electron chi connectivity index (χ2n) is 4.94. The number of hydrogen-bond acceptors (Lipinski definition) is 4. The largest absolute Gasteiger partial charge is 0.378 e. The molecule has 1 unspecified atom stereocenters. The van der Waals surface area contributed by atoms with Crippen molar-refractivity contribution in [2.75, 3.05) is 25.5 Å². The van der Waals surface area contributed by atoms with Crippen LogP contribution in [0.15, 0.2) is 18.2 Å². The van der Waals surface area contributed by atoms with Crippen LogP contribution in [0.4, 0.5) is 11.4 Å². The van der Waals surface area contributed by atoms with Crippen molar-refractivity contribution in [3.8, 4) is 0 Å². The lowest BCUT2D eigenvalue weighted by Gasteiger charge is -2.20. The van der Waals surface area contributed by atoms with Crippen LogP contribution < -0.4 is 5.32 Å². The zero-order valence-corrected chi connectivity index (χ0v) is 10.8. The summed E-state index contributed by atoms with van der Waals surface area (Å²) in [5, 5.41) is 14.2. The molecule has 0 aromatic heterocycles. The Kier molecular flexibility index (Phi) is 3.81. The number of benzene rings is 1. The van der Waals surface area contributed by atoms with Gasteiger partial charge in [-0.25, -0.2) is 0 Å². The molecule has 5 heteroatoms. The van der Waals surface area contributed by atoms with E-state index in [0.29, 0.717) is 11.7 Å². The number of nitro groups is 1. The van der Waals surface area contributed by atoms with Gasteiger partial charge in [0.1, 0.15) is 5.69 Å². The lowest BCUT2D eigenvalue weighted by molar-refractivity contribution is -0.384. The molecule has 1 saturated heterocycles. The number of nitro benzene ring substituents is 1. The van der Waals surface area contributed by atoms with Gasteiger partial charge in [0, 0.05) is 18.7 Å². The number of hydrogen-bond donors (Lipinski definition) is 1. The van der Waals surface area contributed by atoms with Gasteiger partial charge in [0.05, 0.1) is 4.92 Å². The van der Waals surface area contributed by atoms with Crippen LogP contribution in [0.2, 0.25) is 0 Å². The summed E-state index contributed by atoms with van der Waals surface area (Å²) >= 11 is 0. The number of anilines is 1. The second kappa shape index (κ2) is 5.35. The fraction of sp³-hybridized carbons (Fsp3) is 0.538. The van der Waals surface area contributed by atoms with Crippen molar-refractivity contribution in [2.24, 2.45) is 0 Å². The second-order valence-corrected chi connectivity index (χ2v) is 4.94. The first-order valence-electron chi connectivity index (χ1n) is 6.27. The average Bonchev–Trinajstić information content (AvgIpc) is 2.73. The Morgan fingerprint density at radius 2 is 2.33 bits per heavy atom. The molecule has 0 radical (unpaired) electrons. The van der Waals surface area contributed by atoms with E-state index in [9.17, 15) is 10.1 Å². The maximum absolute atomic E-state index is 11.0. The molecule has 1 atom stereocenters. The normalized spacial score (nSPS) is 20.0. The number of nitrogens with zero attached hydrogens (tertiary/aromatic N) is 2. The molecule has 18 heavy (non-hydrogen) atoms. The molecule has 0 aliphatic carbocycles. The van der Waals surface area contributed by atoms with Crippen LogP contribution in [0.5, 0.6) is 0 Å². The van der Waals surface area contributed by atoms with E-state index >= 15 is 0 Å². The topological polar surface area (TPSA) is 58.4 Å². The SMILES string of the molecule is Cc1ccc(NCC2CCCN2C)c([N+](=O)[O-])c1. The average molecular weight is 249 g/mol. The molecule has 0 spiro atoms. The Morgan fingerprint density at radius 3 is 2.94 bits per heavy atom. The number of rotatable bonds is 4. The van der Waals surface area contributed by atoms with Crippen molar-refractivity contribution in [1.82, 2.24) is 4.90 Å². The minimum atomic E-state index is -0.326. The number of likely N-dealkylation sites (N-methyl/N-ethyl adjacent to an activating group) is 1. The summed E-state index contributed by atoms with van der Waals surface area (Å²) in [6, 6.07) is 5.78. The van der Waals surface area contributed by atoms with E-state index in [0.717, 1.165) is 25.1 Å². The zero-order chi connectivity index (χ0) is 13.1. The Balaban J connectivity index is 2.06. The Morgan fingerprint density at radius 1 is 1.56 bits per heavy atom. The van der Waals surface area contributed by atoms with Gasteiger partial charge >= 0.3 is 0 Å². The minimum absolute atomic E-state index is 0.163. The van der Waals surface area contributed by atoms with Crippen LogP contribution in [-0.4, -0.2) is 36.0 Å². The summed E-state index contributed by atoms with van der Waals surface area (Å²) < 4.78 is 0. The van der Waals surface area contributed by atoms with Gasteiger partial charge in [-0.2, -0.15) is 0 Å². The van der Waals surface area contributed by atoms with Gasteiger partial charge in [-0.1, -0.05) is 6.07 Å². The fourth-order valence-electron chi connectivity index (χ4n) is 2.41. The fourth-order valence-corrected chi connectivity index (χ4v) is 2.41. The maximum Gasteiger partial charge on any atom is 0.292 e. The summed E-state index contributed by atoms with van der Waals surface area (Å²) in [5.74, 6) is 0. The highest BCUT2D eigenvalue weighted by Crippen LogP contribution is 2.26. The van der Waals surface area contributed by atoms with Crippen LogP contribution >= 0.6 is 0 Å². The van der Waals surface area contributed by atoms with Gasteiger partial charge in [0.15, 0.2) is 0 Å². The molecular weight excluding hydrogens is 230 g/mol. The van der Waals surface area contributed by atoms with Crippen molar-refractivity contribution in [3.05, 3.63) is 33.9 Å². The highest BCUT2D eigenvalue weighted by Gasteiger charge is 2.21. The molecule has 1 aliphatic heterocycles. The lowest BCUT2D eigenvalue weighted by Crippen LogP contribution is -2.31. The summed E-state index contributed by atoms with van der Waals surface area (Å²) in [6.07, 6.45) is 2.36. The Hall–Kier alpha value is -1.62. The molecule has 0 bridgehead atoms. The zero-order valence-electron chi connectivity index (χ0n) is 10.8. The van der Waals surface area contributed by atoms with Crippen LogP contribution in [0.3, 0.4) is 0 Å². The molecule has 1 aromatic carbocycles. The van der Waals surface area contributed by atoms with Gasteiger partial charge < -0.3 is 10.2 Å². The molecule has 2 rings (SSSR count). The predicted molar refractivity (Wildman–Crippen MR) is 72.0 cm³/mol. The van der Waals surface area contributed by atoms with Gasteiger partial charge in [0.2, 0.25) is 0 Å². The summed E-state index contributed by atoms with van der Waals surface area (Å²) in [4.78, 5) is 13.0. The molecule has 0 saturated carbocycles. The Bertz CT molecular complexity index is 448. The van der Waals surface area contributed by atoms with Crippen LogP contribution in [0.25, 0.3) is 0 Å². The third-order valence-electron chi connectivity index (χ3n) is 3.55. The van der Waals surface area contributed by atoms with E-state index in [1.165, 1.54) is 6.42 Å². The summed E-state index contributed by atoms with van der Waals surface area (Å²) in [7, 11) is 2.10. The van der Waals surface area contributed by atoms with Crippen molar-refractivity contribution in [3.63, 3.8) is 0 Å². The first-order chi connectivity index (χ1) is 8.58. The number of likely N-dealkylation sites (tertiary alicyclic amines) is 1. The number of nitrogens with one attached hydrogen (secondary N) is 1. The lowest BCUT2D eigenvalue weighted by atomic mass is 10.1. The summed E-state index contributed by atoms with van der Waals surface area (Å²) in [6.45, 7) is 3.74. The standard InChI is InChI=1S/C13H19N3O2/c1-10-5-6-12(13(8-10)16(17)18)14-9-11-4-3-7-15(11)2/h5-6,8,11,14H,3-4,7,9H2,1-2H3.